The van der Waals surface area contributed by atoms with E-state index < -0.39 is 24.1 Å². The average molecular weight is 614 g/mol. The molecule has 0 unspecified atom stereocenters. The number of ether oxygens (including phenoxy) is 1. The summed E-state index contributed by atoms with van der Waals surface area (Å²) in [7, 11) is 3.45. The molecule has 2 aromatic heterocycles. The number of urea groups is 1. The number of benzene rings is 2. The molecule has 0 bridgehead atoms. The number of hydrogen-bond acceptors (Lipinski definition) is 5. The molecule has 3 amide bonds. The number of pyridine rings is 1. The van der Waals surface area contributed by atoms with E-state index in [0.717, 1.165) is 29.7 Å². The van der Waals surface area contributed by atoms with Crippen molar-refractivity contribution in [2.75, 3.05) is 45.2 Å². The quantitative estimate of drug-likeness (QED) is 0.301. The van der Waals surface area contributed by atoms with Gasteiger partial charge in [0.15, 0.2) is 0 Å². The second kappa shape index (κ2) is 11.3. The number of aromatic amines is 1. The van der Waals surface area contributed by atoms with Crippen LogP contribution in [0, 0.1) is 11.6 Å². The van der Waals surface area contributed by atoms with Crippen molar-refractivity contribution >= 4 is 34.2 Å². The Morgan fingerprint density at radius 3 is 2.67 bits per heavy atom. The molecule has 4 heterocycles. The van der Waals surface area contributed by atoms with Crippen LogP contribution in [-0.2, 0) is 6.61 Å². The molecule has 0 radical (unpaired) electrons. The van der Waals surface area contributed by atoms with E-state index in [1.807, 2.05) is 12.1 Å². The lowest BCUT2D eigenvalue weighted by Gasteiger charge is -2.28. The molecule has 11 heteroatoms. The molecule has 0 atom stereocenters. The van der Waals surface area contributed by atoms with Crippen molar-refractivity contribution in [1.29, 1.82) is 0 Å². The standard InChI is InChI=1S/C34H33F2N5O4/c1-39(2)34(44)40-9-6-20(7-10-40)28-17-25-23(5-8-37-32(25)38-28)24-15-22(35)16-29(26(24)18-42)41-11-12-45-30-14-21(19-3-4-19)13-27(36)31(30)33(41)43/h5-6,8,13-17,19,42H,3-4,7,9-12,18H2,1-2H3,(H,37,38). The van der Waals surface area contributed by atoms with E-state index in [4.69, 9.17) is 4.74 Å². The predicted octanol–water partition coefficient (Wildman–Crippen LogP) is 5.69. The van der Waals surface area contributed by atoms with Gasteiger partial charge in [-0.3, -0.25) is 4.79 Å². The number of nitrogens with zero attached hydrogens (tertiary/aromatic N) is 4. The normalized spacial score (nSPS) is 16.7. The van der Waals surface area contributed by atoms with Gasteiger partial charge in [0, 0.05) is 50.0 Å². The highest BCUT2D eigenvalue weighted by atomic mass is 19.1. The number of aliphatic hydroxyl groups is 1. The number of aromatic nitrogens is 2. The van der Waals surface area contributed by atoms with E-state index >= 15 is 8.78 Å². The number of H-pyrrole nitrogens is 1. The lowest BCUT2D eigenvalue weighted by molar-refractivity contribution is 0.0985. The first-order valence-electron chi connectivity index (χ1n) is 15.1. The Bertz CT molecular complexity index is 1880. The Hall–Kier alpha value is -4.77. The Kier molecular flexibility index (Phi) is 7.27. The number of fused-ring (bicyclic) bond motifs is 2. The lowest BCUT2D eigenvalue weighted by atomic mass is 9.95. The summed E-state index contributed by atoms with van der Waals surface area (Å²) < 4.78 is 36.6. The second-order valence-electron chi connectivity index (χ2n) is 12.0. The Labute approximate surface area is 258 Å². The average Bonchev–Trinajstić information content (AvgIpc) is 3.82. The Balaban J connectivity index is 1.27. The van der Waals surface area contributed by atoms with Crippen LogP contribution in [0.1, 0.15) is 52.4 Å². The van der Waals surface area contributed by atoms with Crippen LogP contribution in [0.25, 0.3) is 27.7 Å². The molecular formula is C34H33F2N5O4. The highest BCUT2D eigenvalue weighted by molar-refractivity contribution is 6.09. The predicted molar refractivity (Wildman–Crippen MR) is 166 cm³/mol. The molecule has 232 valence electrons. The summed E-state index contributed by atoms with van der Waals surface area (Å²) in [5.41, 5.74) is 4.56. The summed E-state index contributed by atoms with van der Waals surface area (Å²) in [5, 5.41) is 11.4. The molecule has 9 nitrogen and oxygen atoms in total. The van der Waals surface area contributed by atoms with Gasteiger partial charge in [0.1, 0.15) is 35.2 Å². The van der Waals surface area contributed by atoms with Crippen LogP contribution in [0.2, 0.25) is 0 Å². The largest absolute Gasteiger partial charge is 0.491 e. The fraction of sp³-hybridized carbons (Fsp3) is 0.324. The van der Waals surface area contributed by atoms with Crippen LogP contribution in [0.15, 0.2) is 48.7 Å². The molecule has 45 heavy (non-hydrogen) atoms. The van der Waals surface area contributed by atoms with Gasteiger partial charge >= 0.3 is 6.03 Å². The van der Waals surface area contributed by atoms with Crippen molar-refractivity contribution in [3.63, 3.8) is 0 Å². The van der Waals surface area contributed by atoms with E-state index in [-0.39, 0.29) is 42.1 Å². The van der Waals surface area contributed by atoms with Crippen molar-refractivity contribution < 1.29 is 28.2 Å². The first-order chi connectivity index (χ1) is 21.7. The molecule has 0 spiro atoms. The van der Waals surface area contributed by atoms with Crippen molar-refractivity contribution in [3.8, 4) is 16.9 Å². The number of rotatable bonds is 5. The third kappa shape index (κ3) is 5.20. The lowest BCUT2D eigenvalue weighted by Crippen LogP contribution is -2.41. The van der Waals surface area contributed by atoms with E-state index in [1.165, 1.54) is 23.1 Å². The topological polar surface area (TPSA) is 102 Å². The maximum absolute atomic E-state index is 15.4. The monoisotopic (exact) mass is 613 g/mol. The highest BCUT2D eigenvalue weighted by Gasteiger charge is 2.33. The van der Waals surface area contributed by atoms with Gasteiger partial charge in [-0.25, -0.2) is 18.6 Å². The number of aliphatic hydroxyl groups excluding tert-OH is 1. The summed E-state index contributed by atoms with van der Waals surface area (Å²) in [6.45, 7) is 0.676. The van der Waals surface area contributed by atoms with Gasteiger partial charge in [-0.2, -0.15) is 0 Å². The molecule has 1 fully saturated rings. The number of hydrogen-bond donors (Lipinski definition) is 2. The van der Waals surface area contributed by atoms with E-state index in [9.17, 15) is 14.7 Å². The summed E-state index contributed by atoms with van der Waals surface area (Å²) in [5.74, 6) is -1.47. The number of nitrogens with one attached hydrogen (secondary N) is 1. The first-order valence-corrected chi connectivity index (χ1v) is 15.1. The maximum Gasteiger partial charge on any atom is 0.319 e. The minimum atomic E-state index is -0.671. The van der Waals surface area contributed by atoms with E-state index in [1.54, 1.807) is 42.2 Å². The molecule has 1 saturated carbocycles. The number of halogens is 2. The number of carbonyl (C=O) groups is 2. The zero-order valence-electron chi connectivity index (χ0n) is 25.1. The summed E-state index contributed by atoms with van der Waals surface area (Å²) in [6, 6.07) is 9.28. The molecule has 2 aliphatic heterocycles. The molecule has 1 aliphatic carbocycles. The van der Waals surface area contributed by atoms with E-state index in [0.29, 0.717) is 47.2 Å². The van der Waals surface area contributed by atoms with Crippen molar-refractivity contribution in [2.24, 2.45) is 0 Å². The third-order valence-electron chi connectivity index (χ3n) is 8.83. The highest BCUT2D eigenvalue weighted by Crippen LogP contribution is 2.44. The zero-order chi connectivity index (χ0) is 31.4. The van der Waals surface area contributed by atoms with Gasteiger partial charge in [0.2, 0.25) is 0 Å². The summed E-state index contributed by atoms with van der Waals surface area (Å²) >= 11 is 0. The number of amides is 3. The van der Waals surface area contributed by atoms with Gasteiger partial charge in [0.25, 0.3) is 5.91 Å². The third-order valence-corrected chi connectivity index (χ3v) is 8.83. The van der Waals surface area contributed by atoms with Gasteiger partial charge in [-0.05, 0) is 83.8 Å². The molecule has 2 aromatic carbocycles. The number of carbonyl (C=O) groups excluding carboxylic acids is 2. The molecule has 2 N–H and O–H groups in total. The molecule has 4 aromatic rings. The van der Waals surface area contributed by atoms with Crippen LogP contribution in [0.3, 0.4) is 0 Å². The first kappa shape index (κ1) is 29.0. The van der Waals surface area contributed by atoms with Crippen LogP contribution >= 0.6 is 0 Å². The Morgan fingerprint density at radius 2 is 1.96 bits per heavy atom. The number of anilines is 1. The summed E-state index contributed by atoms with van der Waals surface area (Å²) in [4.78, 5) is 38.7. The van der Waals surface area contributed by atoms with Crippen LogP contribution < -0.4 is 9.64 Å². The second-order valence-corrected chi connectivity index (χ2v) is 12.0. The van der Waals surface area contributed by atoms with Crippen molar-refractivity contribution in [2.45, 2.75) is 31.8 Å². The van der Waals surface area contributed by atoms with Crippen LogP contribution in [0.5, 0.6) is 5.75 Å². The minimum absolute atomic E-state index is 0.0448. The smallest absolute Gasteiger partial charge is 0.319 e. The van der Waals surface area contributed by atoms with Gasteiger partial charge in [-0.15, -0.1) is 0 Å². The van der Waals surface area contributed by atoms with Crippen molar-refractivity contribution in [1.82, 2.24) is 19.8 Å². The molecule has 3 aliphatic rings. The zero-order valence-corrected chi connectivity index (χ0v) is 25.1. The minimum Gasteiger partial charge on any atom is -0.491 e. The SMILES string of the molecule is CN(C)C(=O)N1CC=C(c2cc3c(-c4cc(F)cc(N5CCOc6cc(C7CC7)cc(F)c6C5=O)c4CO)ccnc3[nH]2)CC1. The Morgan fingerprint density at radius 1 is 1.13 bits per heavy atom. The fourth-order valence-electron chi connectivity index (χ4n) is 6.36. The molecule has 0 saturated heterocycles. The van der Waals surface area contributed by atoms with Gasteiger partial charge in [-0.1, -0.05) is 6.08 Å². The molecule has 7 rings (SSSR count). The molecular weight excluding hydrogens is 580 g/mol. The van der Waals surface area contributed by atoms with Gasteiger partial charge < -0.3 is 29.5 Å². The van der Waals surface area contributed by atoms with Crippen LogP contribution in [-0.4, -0.2) is 77.1 Å². The van der Waals surface area contributed by atoms with Crippen LogP contribution in [0.4, 0.5) is 19.3 Å². The maximum atomic E-state index is 15.4. The van der Waals surface area contributed by atoms with Crippen molar-refractivity contribution in [3.05, 3.63) is 82.7 Å². The fourth-order valence-corrected chi connectivity index (χ4v) is 6.36. The summed E-state index contributed by atoms with van der Waals surface area (Å²) in [6.07, 6.45) is 6.20. The van der Waals surface area contributed by atoms with E-state index in [2.05, 4.69) is 9.97 Å². The van der Waals surface area contributed by atoms with Gasteiger partial charge in [0.05, 0.1) is 18.8 Å².